The van der Waals surface area contributed by atoms with Crippen molar-refractivity contribution in [3.8, 4) is 0 Å². The minimum Gasteiger partial charge on any atom is -0.338 e. The van der Waals surface area contributed by atoms with Gasteiger partial charge >= 0.3 is 0 Å². The molecule has 0 radical (unpaired) electrons. The molecule has 6 heteroatoms. The fourth-order valence-electron chi connectivity index (χ4n) is 1.56. The maximum Gasteiger partial charge on any atom is 0.236 e. The van der Waals surface area contributed by atoms with Crippen LogP contribution >= 0.6 is 23.7 Å². The molecule has 0 saturated carbocycles. The van der Waals surface area contributed by atoms with E-state index in [2.05, 4.69) is 10.3 Å². The molecule has 1 N–H and O–H groups in total. The van der Waals surface area contributed by atoms with Gasteiger partial charge in [-0.25, -0.2) is 4.98 Å². The summed E-state index contributed by atoms with van der Waals surface area (Å²) in [6, 6.07) is 8.01. The van der Waals surface area contributed by atoms with Crippen molar-refractivity contribution in [2.24, 2.45) is 0 Å². The average molecular weight is 286 g/mol. The summed E-state index contributed by atoms with van der Waals surface area (Å²) in [4.78, 5) is 17.8. The number of amides is 1. The van der Waals surface area contributed by atoms with Gasteiger partial charge in [-0.15, -0.1) is 23.7 Å². The van der Waals surface area contributed by atoms with E-state index >= 15 is 0 Å². The van der Waals surface area contributed by atoms with E-state index in [-0.39, 0.29) is 18.3 Å². The molecule has 0 bridgehead atoms. The van der Waals surface area contributed by atoms with Gasteiger partial charge in [0, 0.05) is 7.05 Å². The third-order valence-corrected chi connectivity index (χ3v) is 3.49. The summed E-state index contributed by atoms with van der Waals surface area (Å²) in [7, 11) is 3.56. The third-order valence-electron chi connectivity index (χ3n) is 2.46. The molecule has 0 aliphatic carbocycles. The highest BCUT2D eigenvalue weighted by Gasteiger charge is 2.10. The molecule has 0 aliphatic rings. The van der Waals surface area contributed by atoms with Crippen molar-refractivity contribution in [3.63, 3.8) is 0 Å². The topological polar surface area (TPSA) is 45.2 Å². The Balaban J connectivity index is 0.00000162. The highest BCUT2D eigenvalue weighted by atomic mass is 35.5. The Kier molecular flexibility index (Phi) is 5.53. The number of rotatable bonds is 4. The minimum absolute atomic E-state index is 0. The van der Waals surface area contributed by atoms with Gasteiger partial charge in [-0.2, -0.15) is 0 Å². The predicted molar refractivity (Wildman–Crippen MR) is 77.3 cm³/mol. The van der Waals surface area contributed by atoms with Crippen LogP contribution in [0.3, 0.4) is 0 Å². The number of hydrogen-bond donors (Lipinski definition) is 1. The van der Waals surface area contributed by atoms with Crippen LogP contribution < -0.4 is 5.32 Å². The Labute approximate surface area is 116 Å². The lowest BCUT2D eigenvalue weighted by atomic mass is 10.3. The van der Waals surface area contributed by atoms with E-state index in [0.29, 0.717) is 13.1 Å². The summed E-state index contributed by atoms with van der Waals surface area (Å²) in [5.74, 6) is 0.0757. The van der Waals surface area contributed by atoms with Crippen molar-refractivity contribution in [2.45, 2.75) is 6.54 Å². The number of carbonyl (C=O) groups is 1. The van der Waals surface area contributed by atoms with Crippen molar-refractivity contribution in [1.29, 1.82) is 0 Å². The summed E-state index contributed by atoms with van der Waals surface area (Å²) in [6.07, 6.45) is 0. The van der Waals surface area contributed by atoms with Crippen LogP contribution in [0.5, 0.6) is 0 Å². The van der Waals surface area contributed by atoms with E-state index in [1.807, 2.05) is 24.3 Å². The normalized spacial score (nSPS) is 10.1. The van der Waals surface area contributed by atoms with Crippen molar-refractivity contribution >= 4 is 39.9 Å². The molecule has 98 valence electrons. The number of carbonyl (C=O) groups excluding carboxylic acids is 1. The molecule has 4 nitrogen and oxygen atoms in total. The number of aromatic nitrogens is 1. The lowest BCUT2D eigenvalue weighted by Crippen LogP contribution is -2.33. The van der Waals surface area contributed by atoms with Gasteiger partial charge in [0.1, 0.15) is 5.01 Å². The molecule has 2 aromatic rings. The molecule has 0 unspecified atom stereocenters. The van der Waals surface area contributed by atoms with Gasteiger partial charge in [0.15, 0.2) is 0 Å². The summed E-state index contributed by atoms with van der Waals surface area (Å²) < 4.78 is 1.16. The van der Waals surface area contributed by atoms with Gasteiger partial charge in [-0.1, -0.05) is 12.1 Å². The molecular formula is C12H16ClN3OS. The molecule has 18 heavy (non-hydrogen) atoms. The van der Waals surface area contributed by atoms with Crippen LogP contribution in [0.1, 0.15) is 5.01 Å². The van der Waals surface area contributed by atoms with Crippen LogP contribution in [0.15, 0.2) is 24.3 Å². The molecule has 1 heterocycles. The highest BCUT2D eigenvalue weighted by molar-refractivity contribution is 7.18. The zero-order valence-corrected chi connectivity index (χ0v) is 12.0. The van der Waals surface area contributed by atoms with E-state index in [4.69, 9.17) is 0 Å². The summed E-state index contributed by atoms with van der Waals surface area (Å²) >= 11 is 1.64. The fraction of sp³-hybridized carbons (Fsp3) is 0.333. The second-order valence-corrected chi connectivity index (χ2v) is 4.97. The molecule has 1 aromatic heterocycles. The highest BCUT2D eigenvalue weighted by Crippen LogP contribution is 2.22. The molecular weight excluding hydrogens is 270 g/mol. The number of para-hydroxylation sites is 1. The van der Waals surface area contributed by atoms with Crippen LogP contribution in [0.4, 0.5) is 0 Å². The van der Waals surface area contributed by atoms with Crippen LogP contribution in [0, 0.1) is 0 Å². The number of hydrogen-bond acceptors (Lipinski definition) is 4. The Morgan fingerprint density at radius 1 is 1.44 bits per heavy atom. The molecule has 1 amide bonds. The second kappa shape index (κ2) is 6.68. The van der Waals surface area contributed by atoms with Crippen LogP contribution in [-0.2, 0) is 11.3 Å². The van der Waals surface area contributed by atoms with Crippen molar-refractivity contribution < 1.29 is 4.79 Å². The molecule has 0 aliphatic heterocycles. The monoisotopic (exact) mass is 285 g/mol. The molecule has 1 aromatic carbocycles. The first-order valence-electron chi connectivity index (χ1n) is 5.43. The quantitative estimate of drug-likeness (QED) is 0.933. The first-order chi connectivity index (χ1) is 8.20. The standard InChI is InChI=1S/C12H15N3OS.ClH/c1-13-7-12(16)15(2)8-11-14-9-5-3-4-6-10(9)17-11;/h3-6,13H,7-8H2,1-2H3;1H. The van der Waals surface area contributed by atoms with Crippen LogP contribution in [0.25, 0.3) is 10.2 Å². The second-order valence-electron chi connectivity index (χ2n) is 3.86. The summed E-state index contributed by atoms with van der Waals surface area (Å²) in [5, 5.41) is 3.82. The maximum atomic E-state index is 11.6. The maximum absolute atomic E-state index is 11.6. The summed E-state index contributed by atoms with van der Waals surface area (Å²) in [6.45, 7) is 0.932. The van der Waals surface area contributed by atoms with E-state index in [1.54, 1.807) is 30.3 Å². The largest absolute Gasteiger partial charge is 0.338 e. The Morgan fingerprint density at radius 2 is 2.17 bits per heavy atom. The number of benzene rings is 1. The Bertz CT molecular complexity index is 496. The lowest BCUT2D eigenvalue weighted by Gasteiger charge is -2.14. The molecule has 0 saturated heterocycles. The van der Waals surface area contributed by atoms with Gasteiger partial charge in [0.05, 0.1) is 23.3 Å². The predicted octanol–water partition coefficient (Wildman–Crippen LogP) is 1.90. The van der Waals surface area contributed by atoms with Gasteiger partial charge in [0.25, 0.3) is 0 Å². The molecule has 0 spiro atoms. The first-order valence-corrected chi connectivity index (χ1v) is 6.25. The van der Waals surface area contributed by atoms with Crippen LogP contribution in [-0.4, -0.2) is 36.4 Å². The van der Waals surface area contributed by atoms with Gasteiger partial charge in [-0.3, -0.25) is 4.79 Å². The molecule has 0 atom stereocenters. The van der Waals surface area contributed by atoms with Gasteiger partial charge in [0.2, 0.25) is 5.91 Å². The number of likely N-dealkylation sites (N-methyl/N-ethyl adjacent to an activating group) is 2. The molecule has 2 rings (SSSR count). The number of nitrogens with one attached hydrogen (secondary N) is 1. The van der Waals surface area contributed by atoms with E-state index in [9.17, 15) is 4.79 Å². The smallest absolute Gasteiger partial charge is 0.236 e. The zero-order chi connectivity index (χ0) is 12.3. The average Bonchev–Trinajstić information content (AvgIpc) is 2.71. The number of thiazole rings is 1. The number of fused-ring (bicyclic) bond motifs is 1. The molecule has 0 fully saturated rings. The van der Waals surface area contributed by atoms with Gasteiger partial charge in [-0.05, 0) is 19.2 Å². The zero-order valence-electron chi connectivity index (χ0n) is 10.3. The van der Waals surface area contributed by atoms with Crippen molar-refractivity contribution in [3.05, 3.63) is 29.3 Å². The lowest BCUT2D eigenvalue weighted by molar-refractivity contribution is -0.129. The fourth-order valence-corrected chi connectivity index (χ4v) is 2.59. The third kappa shape index (κ3) is 3.41. The number of halogens is 1. The Morgan fingerprint density at radius 3 is 2.83 bits per heavy atom. The van der Waals surface area contributed by atoms with E-state index < -0.39 is 0 Å². The van der Waals surface area contributed by atoms with E-state index in [0.717, 1.165) is 15.2 Å². The first kappa shape index (κ1) is 14.9. The van der Waals surface area contributed by atoms with Crippen LogP contribution in [0.2, 0.25) is 0 Å². The van der Waals surface area contributed by atoms with Crippen molar-refractivity contribution in [1.82, 2.24) is 15.2 Å². The summed E-state index contributed by atoms with van der Waals surface area (Å²) in [5.41, 5.74) is 1.00. The van der Waals surface area contributed by atoms with Crippen molar-refractivity contribution in [2.75, 3.05) is 20.6 Å². The Hall–Kier alpha value is -1.17. The minimum atomic E-state index is 0. The SMILES string of the molecule is CNCC(=O)N(C)Cc1nc2ccccc2s1.Cl. The number of nitrogens with zero attached hydrogens (tertiary/aromatic N) is 2. The van der Waals surface area contributed by atoms with Gasteiger partial charge < -0.3 is 10.2 Å². The van der Waals surface area contributed by atoms with E-state index in [1.165, 1.54) is 0 Å².